The van der Waals surface area contributed by atoms with E-state index in [0.717, 1.165) is 42.7 Å². The Labute approximate surface area is 609 Å². The molecule has 0 unspecified atom stereocenters. The van der Waals surface area contributed by atoms with Crippen molar-refractivity contribution in [1.82, 2.24) is 0 Å². The number of anilines is 9. The third kappa shape index (κ3) is 9.90. The van der Waals surface area contributed by atoms with E-state index in [4.69, 9.17) is 0 Å². The molecule has 0 saturated heterocycles. The van der Waals surface area contributed by atoms with Crippen LogP contribution >= 0.6 is 0 Å². The van der Waals surface area contributed by atoms with Gasteiger partial charge in [0, 0.05) is 61.7 Å². The lowest BCUT2D eigenvalue weighted by Gasteiger charge is -2.49. The summed E-state index contributed by atoms with van der Waals surface area (Å²) in [5.41, 5.74) is 40.0. The second-order valence-corrected chi connectivity index (χ2v) is 40.4. The maximum atomic E-state index is 2.83. The summed E-state index contributed by atoms with van der Waals surface area (Å²) < 4.78 is 0. The highest BCUT2D eigenvalue weighted by Crippen LogP contribution is 2.61. The Morgan fingerprint density at radius 3 is 1.02 bits per heavy atom. The van der Waals surface area contributed by atoms with Crippen molar-refractivity contribution in [3.8, 4) is 11.1 Å². The van der Waals surface area contributed by atoms with Crippen molar-refractivity contribution in [3.05, 3.63) is 235 Å². The van der Waals surface area contributed by atoms with E-state index in [0.29, 0.717) is 0 Å². The second kappa shape index (κ2) is 21.3. The summed E-state index contributed by atoms with van der Waals surface area (Å²) in [5, 5.41) is 0. The van der Waals surface area contributed by atoms with Gasteiger partial charge in [-0.2, -0.15) is 0 Å². The molecule has 5 aliphatic carbocycles. The average molecular weight is 1330 g/mol. The number of hydrogen-bond donors (Lipinski definition) is 0. The van der Waals surface area contributed by atoms with Crippen LogP contribution in [0.2, 0.25) is 0 Å². The first-order valence-corrected chi connectivity index (χ1v) is 38.6. The smallest absolute Gasteiger partial charge is 0.252 e. The topological polar surface area (TPSA) is 9.72 Å². The van der Waals surface area contributed by atoms with Crippen LogP contribution in [0.15, 0.2) is 146 Å². The summed E-state index contributed by atoms with van der Waals surface area (Å²) in [7, 11) is 0. The minimum atomic E-state index is -0.299. The minimum absolute atomic E-state index is 0.0226. The van der Waals surface area contributed by atoms with Crippen molar-refractivity contribution in [2.75, 3.05) is 14.7 Å². The van der Waals surface area contributed by atoms with Gasteiger partial charge in [0.05, 0.1) is 5.69 Å². The molecule has 0 amide bonds. The highest BCUT2D eigenvalue weighted by Gasteiger charge is 2.52. The summed E-state index contributed by atoms with van der Waals surface area (Å²) >= 11 is 0. The molecule has 9 aromatic rings. The van der Waals surface area contributed by atoms with E-state index in [1.807, 2.05) is 0 Å². The lowest BCUT2D eigenvalue weighted by Crippen LogP contribution is -2.62. The predicted octanol–water partition coefficient (Wildman–Crippen LogP) is 24.8. The molecule has 16 rings (SSSR count). The van der Waals surface area contributed by atoms with Crippen molar-refractivity contribution in [2.45, 2.75) is 278 Å². The molecule has 0 bridgehead atoms. The third-order valence-corrected chi connectivity index (χ3v) is 27.6. The van der Waals surface area contributed by atoms with E-state index in [-0.39, 0.29) is 66.3 Å². The van der Waals surface area contributed by atoms with Gasteiger partial charge in [0.25, 0.3) is 6.71 Å². The average Bonchev–Trinajstić information content (AvgIpc) is 1.59. The molecule has 9 aromatic carbocycles. The number of fused-ring (bicyclic) bond motifs is 12. The van der Waals surface area contributed by atoms with Gasteiger partial charge in [-0.05, 0) is 279 Å². The molecular weight excluding hydrogens is 1220 g/mol. The predicted molar refractivity (Wildman–Crippen MR) is 436 cm³/mol. The Bertz CT molecular complexity index is 4960. The molecule has 2 heterocycles. The van der Waals surface area contributed by atoms with Gasteiger partial charge >= 0.3 is 0 Å². The van der Waals surface area contributed by atoms with Crippen LogP contribution in [0.1, 0.15) is 294 Å². The molecule has 0 N–H and O–H groups in total. The molecule has 7 aliphatic rings. The standard InChI is InChI=1S/C97H114BN3/c1-57-45-70-74(93(17,18)43-39-89(70,9)10)54-80(57)100-82-53-69-65(64-49-72-73(51-68(64)97(69,25)26)92(15,16)42-41-91(72,13)14)50-78(82)98-79-52-76-77(96(23,24)67-30-28-27-29-66(67)95(76,21)22)56-83(79)101(81-55-75-71(46-58(81)2)90(11,12)40-44-94(75,19)20)85-48-63(47-84(100)86(85)98)99(61-35-31-59(32-36-61)87(3,4)5)62-37-33-60(34-38-62)88(6,7)8/h27-38,45-56H,39-44H2,1-26H3. The van der Waals surface area contributed by atoms with E-state index < -0.39 is 0 Å². The largest absolute Gasteiger partial charge is 0.311 e. The lowest BCUT2D eigenvalue weighted by atomic mass is 9.33. The third-order valence-electron chi connectivity index (χ3n) is 27.6. The Hall–Kier alpha value is -7.56. The van der Waals surface area contributed by atoms with Crippen LogP contribution in [-0.4, -0.2) is 6.71 Å². The summed E-state index contributed by atoms with van der Waals surface area (Å²) in [6.45, 7) is 64.0. The summed E-state index contributed by atoms with van der Waals surface area (Å²) in [6.07, 6.45) is 6.95. The molecule has 0 fully saturated rings. The van der Waals surface area contributed by atoms with Crippen molar-refractivity contribution >= 4 is 74.3 Å². The second-order valence-electron chi connectivity index (χ2n) is 40.4. The molecule has 520 valence electrons. The van der Waals surface area contributed by atoms with Crippen LogP contribution in [0.5, 0.6) is 0 Å². The van der Waals surface area contributed by atoms with Gasteiger partial charge in [0.1, 0.15) is 0 Å². The molecule has 0 saturated carbocycles. The zero-order valence-corrected chi connectivity index (χ0v) is 66.5. The molecule has 0 spiro atoms. The fourth-order valence-electron chi connectivity index (χ4n) is 20.4. The van der Waals surface area contributed by atoms with Crippen LogP contribution in [0.25, 0.3) is 11.1 Å². The van der Waals surface area contributed by atoms with Gasteiger partial charge in [-0.3, -0.25) is 0 Å². The van der Waals surface area contributed by atoms with E-state index in [2.05, 4.69) is 340 Å². The highest BCUT2D eigenvalue weighted by atomic mass is 15.2. The Balaban J connectivity index is 1.10. The van der Waals surface area contributed by atoms with Gasteiger partial charge in [0.15, 0.2) is 0 Å². The minimum Gasteiger partial charge on any atom is -0.311 e. The number of aryl methyl sites for hydroxylation is 2. The first-order chi connectivity index (χ1) is 46.9. The van der Waals surface area contributed by atoms with Gasteiger partial charge < -0.3 is 14.7 Å². The Morgan fingerprint density at radius 1 is 0.297 bits per heavy atom. The molecule has 0 aromatic heterocycles. The van der Waals surface area contributed by atoms with E-state index in [1.165, 1.54) is 163 Å². The fraction of sp³-hybridized carbons (Fsp3) is 0.443. The van der Waals surface area contributed by atoms with Crippen LogP contribution in [0.4, 0.5) is 51.2 Å². The zero-order valence-electron chi connectivity index (χ0n) is 66.5. The highest BCUT2D eigenvalue weighted by molar-refractivity contribution is 7.00. The van der Waals surface area contributed by atoms with E-state index in [1.54, 1.807) is 0 Å². The van der Waals surface area contributed by atoms with E-state index >= 15 is 0 Å². The SMILES string of the molecule is Cc1cc2c(cc1N1c3cc4c(cc3B3c5cc6c(cc5N(c5cc7c(cc5C)C(C)(C)CCC7(C)C)c5cc(N(c7ccc(C(C)(C)C)cc7)c7ccc(C(C)(C)C)cc7)cc1c53)C(C)(C)c1ccccc1C6(C)C)-c1cc3c(cc1C4(C)C)C(C)(C)CCC3(C)C)C(C)(C)CCC2(C)C. The lowest BCUT2D eigenvalue weighted by molar-refractivity contribution is 0.331. The summed E-state index contributed by atoms with van der Waals surface area (Å²) in [4.78, 5) is 8.26. The quantitative estimate of drug-likeness (QED) is 0.159. The van der Waals surface area contributed by atoms with Gasteiger partial charge in [-0.1, -0.05) is 245 Å². The molecule has 0 atom stereocenters. The number of hydrogen-bond acceptors (Lipinski definition) is 3. The van der Waals surface area contributed by atoms with Gasteiger partial charge in [-0.25, -0.2) is 0 Å². The molecule has 3 nitrogen and oxygen atoms in total. The first-order valence-electron chi connectivity index (χ1n) is 38.6. The van der Waals surface area contributed by atoms with Crippen LogP contribution in [0.3, 0.4) is 0 Å². The van der Waals surface area contributed by atoms with Crippen molar-refractivity contribution < 1.29 is 0 Å². The number of nitrogens with zero attached hydrogens (tertiary/aromatic N) is 3. The molecule has 2 aliphatic heterocycles. The molecule has 4 heteroatoms. The van der Waals surface area contributed by atoms with Gasteiger partial charge in [0.2, 0.25) is 0 Å². The fourth-order valence-corrected chi connectivity index (χ4v) is 20.4. The molecular formula is C97H114BN3. The molecule has 101 heavy (non-hydrogen) atoms. The first kappa shape index (κ1) is 67.9. The van der Waals surface area contributed by atoms with E-state index in [9.17, 15) is 0 Å². The monoisotopic (exact) mass is 1330 g/mol. The maximum Gasteiger partial charge on any atom is 0.252 e. The Morgan fingerprint density at radius 2 is 0.614 bits per heavy atom. The van der Waals surface area contributed by atoms with Crippen LogP contribution in [0, 0.1) is 13.8 Å². The molecule has 0 radical (unpaired) electrons. The zero-order chi connectivity index (χ0) is 72.3. The normalized spacial score (nSPS) is 20.2. The maximum absolute atomic E-state index is 2.83. The van der Waals surface area contributed by atoms with Crippen LogP contribution < -0.4 is 31.1 Å². The summed E-state index contributed by atoms with van der Waals surface area (Å²) in [6, 6.07) is 60.9. The van der Waals surface area contributed by atoms with Crippen molar-refractivity contribution in [1.29, 1.82) is 0 Å². The van der Waals surface area contributed by atoms with Crippen LogP contribution in [-0.2, 0) is 59.6 Å². The van der Waals surface area contributed by atoms with Gasteiger partial charge in [-0.15, -0.1) is 0 Å². The Kier molecular flexibility index (Phi) is 14.3. The van der Waals surface area contributed by atoms with Crippen molar-refractivity contribution in [3.63, 3.8) is 0 Å². The number of benzene rings is 9. The summed E-state index contributed by atoms with van der Waals surface area (Å²) in [5.74, 6) is 0. The van der Waals surface area contributed by atoms with Crippen molar-refractivity contribution in [2.24, 2.45) is 0 Å². The number of rotatable bonds is 5.